The Hall–Kier alpha value is -9.32. The first-order valence-corrected chi connectivity index (χ1v) is 24.6. The summed E-state index contributed by atoms with van der Waals surface area (Å²) in [6.45, 7) is 6.39. The molecule has 0 aliphatic carbocycles. The lowest BCUT2D eigenvalue weighted by Crippen LogP contribution is -2.09. The van der Waals surface area contributed by atoms with Gasteiger partial charge in [-0.05, 0) is 141 Å². The maximum atomic E-state index is 5.17. The number of benzene rings is 10. The second kappa shape index (κ2) is 18.9. The van der Waals surface area contributed by atoms with Crippen molar-refractivity contribution in [1.29, 1.82) is 0 Å². The van der Waals surface area contributed by atoms with Crippen LogP contribution < -0.4 is 9.80 Å². The van der Waals surface area contributed by atoms with E-state index in [1.807, 2.05) is 0 Å². The van der Waals surface area contributed by atoms with Crippen molar-refractivity contribution in [2.75, 3.05) is 9.80 Å². The van der Waals surface area contributed by atoms with Gasteiger partial charge in [-0.25, -0.2) is 9.97 Å². The van der Waals surface area contributed by atoms with E-state index in [9.17, 15) is 0 Å². The van der Waals surface area contributed by atoms with E-state index in [2.05, 4.69) is 290 Å². The van der Waals surface area contributed by atoms with Gasteiger partial charge in [-0.15, -0.1) is 0 Å². The number of para-hydroxylation sites is 4. The van der Waals surface area contributed by atoms with E-state index in [4.69, 9.17) is 9.97 Å². The SMILES string of the molecule is Cc1ccc(-c2cc(-c3ccc(-c4ccc(-n5c6ccc(N(c7ccccc7)c7ccccc7)cc6c6cc(N(c7ccccc7)c7ccccc7)ccc65)cc4)cc3C)nc(-c3ccc(C)cc3)n2)cc1. The quantitative estimate of drug-likeness (QED) is 0.130. The van der Waals surface area contributed by atoms with Crippen LogP contribution in [0.15, 0.2) is 255 Å². The normalized spacial score (nSPS) is 11.3. The average molecular weight is 926 g/mol. The van der Waals surface area contributed by atoms with Crippen LogP contribution >= 0.6 is 0 Å². The van der Waals surface area contributed by atoms with Gasteiger partial charge in [0, 0.05) is 67.3 Å². The average Bonchev–Trinajstić information content (AvgIpc) is 3.75. The van der Waals surface area contributed by atoms with E-state index in [1.165, 1.54) is 21.9 Å². The van der Waals surface area contributed by atoms with Crippen LogP contribution in [0.2, 0.25) is 0 Å². The molecule has 0 amide bonds. The van der Waals surface area contributed by atoms with Crippen LogP contribution in [0.5, 0.6) is 0 Å². The summed E-state index contributed by atoms with van der Waals surface area (Å²) in [5, 5.41) is 2.33. The van der Waals surface area contributed by atoms with E-state index in [-0.39, 0.29) is 0 Å². The fourth-order valence-corrected chi connectivity index (χ4v) is 9.98. The van der Waals surface area contributed by atoms with Crippen molar-refractivity contribution in [3.63, 3.8) is 0 Å². The molecule has 0 atom stereocenters. The molecule has 12 aromatic rings. The van der Waals surface area contributed by atoms with Crippen LogP contribution in [0.1, 0.15) is 16.7 Å². The molecule has 0 spiro atoms. The highest BCUT2D eigenvalue weighted by molar-refractivity contribution is 6.12. The Kier molecular flexibility index (Phi) is 11.5. The summed E-state index contributed by atoms with van der Waals surface area (Å²) in [5.41, 5.74) is 20.7. The molecular formula is C67H51N5. The fourth-order valence-electron chi connectivity index (χ4n) is 9.98. The molecule has 0 aliphatic rings. The van der Waals surface area contributed by atoms with Gasteiger partial charge in [-0.2, -0.15) is 0 Å². The zero-order valence-electron chi connectivity index (χ0n) is 40.5. The summed E-state index contributed by atoms with van der Waals surface area (Å²) in [4.78, 5) is 14.9. The number of fused-ring (bicyclic) bond motifs is 3. The Bertz CT molecular complexity index is 3570. The Balaban J connectivity index is 0.958. The zero-order valence-corrected chi connectivity index (χ0v) is 40.5. The first-order chi connectivity index (χ1) is 35.4. The standard InChI is InChI=1S/C67H51N5/c1-46-24-28-50(29-25-46)63-45-64(69-67(68-63)51-30-26-47(2)27-31-51)60-39-34-52(42-48(60)3)49-32-35-57(36-33-49)72-65-40-37-58(70(53-16-8-4-9-17-53)54-18-10-5-11-19-54)43-61(65)62-44-59(38-41-66(62)72)71(55-20-12-6-13-21-55)56-22-14-7-15-23-56/h4-45H,1-3H3. The molecule has 0 radical (unpaired) electrons. The number of aryl methyl sites for hydroxylation is 3. The number of hydrogen-bond acceptors (Lipinski definition) is 4. The van der Waals surface area contributed by atoms with E-state index >= 15 is 0 Å². The van der Waals surface area contributed by atoms with Gasteiger partial charge in [0.2, 0.25) is 0 Å². The fraction of sp³-hybridized carbons (Fsp3) is 0.0448. The predicted molar refractivity (Wildman–Crippen MR) is 302 cm³/mol. The molecule has 0 N–H and O–H groups in total. The number of nitrogens with zero attached hydrogens (tertiary/aromatic N) is 5. The topological polar surface area (TPSA) is 37.2 Å². The molecule has 0 fully saturated rings. The van der Waals surface area contributed by atoms with E-state index in [0.29, 0.717) is 5.82 Å². The van der Waals surface area contributed by atoms with Gasteiger partial charge in [0.05, 0.1) is 22.4 Å². The first-order valence-electron chi connectivity index (χ1n) is 24.6. The molecule has 0 aliphatic heterocycles. The van der Waals surface area contributed by atoms with E-state index < -0.39 is 0 Å². The van der Waals surface area contributed by atoms with Crippen LogP contribution in [0, 0.1) is 20.8 Å². The molecule has 72 heavy (non-hydrogen) atoms. The highest BCUT2D eigenvalue weighted by Gasteiger charge is 2.21. The molecule has 5 nitrogen and oxygen atoms in total. The Labute approximate surface area is 421 Å². The van der Waals surface area contributed by atoms with Gasteiger partial charge in [-0.1, -0.05) is 163 Å². The van der Waals surface area contributed by atoms with Crippen molar-refractivity contribution in [2.45, 2.75) is 20.8 Å². The van der Waals surface area contributed by atoms with Crippen molar-refractivity contribution in [2.24, 2.45) is 0 Å². The smallest absolute Gasteiger partial charge is 0.160 e. The highest BCUT2D eigenvalue weighted by Crippen LogP contribution is 2.43. The van der Waals surface area contributed by atoms with Crippen LogP contribution in [0.4, 0.5) is 34.1 Å². The lowest BCUT2D eigenvalue weighted by atomic mass is 9.97. The van der Waals surface area contributed by atoms with Gasteiger partial charge >= 0.3 is 0 Å². The minimum absolute atomic E-state index is 0.717. The van der Waals surface area contributed by atoms with E-state index in [1.54, 1.807) is 0 Å². The third kappa shape index (κ3) is 8.48. The molecule has 2 aromatic heterocycles. The minimum Gasteiger partial charge on any atom is -0.310 e. The van der Waals surface area contributed by atoms with Crippen molar-refractivity contribution >= 4 is 55.9 Å². The van der Waals surface area contributed by atoms with Gasteiger partial charge in [0.15, 0.2) is 5.82 Å². The summed E-state index contributed by atoms with van der Waals surface area (Å²) in [7, 11) is 0. The molecule has 0 bridgehead atoms. The molecule has 5 heteroatoms. The molecule has 12 rings (SSSR count). The molecule has 10 aromatic carbocycles. The third-order valence-electron chi connectivity index (χ3n) is 13.7. The van der Waals surface area contributed by atoms with Gasteiger partial charge < -0.3 is 14.4 Å². The number of rotatable bonds is 11. The molecule has 2 heterocycles. The molecule has 344 valence electrons. The summed E-state index contributed by atoms with van der Waals surface area (Å²) >= 11 is 0. The maximum Gasteiger partial charge on any atom is 0.160 e. The molecule has 0 unspecified atom stereocenters. The maximum absolute atomic E-state index is 5.17. The van der Waals surface area contributed by atoms with Crippen molar-refractivity contribution in [1.82, 2.24) is 14.5 Å². The van der Waals surface area contributed by atoms with Crippen LogP contribution in [0.25, 0.3) is 72.5 Å². The lowest BCUT2D eigenvalue weighted by Gasteiger charge is -2.26. The summed E-state index contributed by atoms with van der Waals surface area (Å²) in [5.74, 6) is 0.717. The number of anilines is 6. The first kappa shape index (κ1) is 43.9. The summed E-state index contributed by atoms with van der Waals surface area (Å²) in [6.07, 6.45) is 0. The van der Waals surface area contributed by atoms with Crippen molar-refractivity contribution < 1.29 is 0 Å². The predicted octanol–water partition coefficient (Wildman–Crippen LogP) is 18.1. The highest BCUT2D eigenvalue weighted by atomic mass is 15.1. The van der Waals surface area contributed by atoms with Crippen molar-refractivity contribution in [3.05, 3.63) is 271 Å². The summed E-state index contributed by atoms with van der Waals surface area (Å²) < 4.78 is 2.41. The van der Waals surface area contributed by atoms with Crippen LogP contribution in [-0.2, 0) is 0 Å². The minimum atomic E-state index is 0.717. The Morgan fingerprint density at radius 2 is 0.736 bits per heavy atom. The molecule has 0 saturated heterocycles. The van der Waals surface area contributed by atoms with E-state index in [0.717, 1.165) is 95.6 Å². The zero-order chi connectivity index (χ0) is 48.5. The molecular weight excluding hydrogens is 875 g/mol. The van der Waals surface area contributed by atoms with Gasteiger partial charge in [0.1, 0.15) is 0 Å². The lowest BCUT2D eigenvalue weighted by molar-refractivity contribution is 1.18. The molecule has 0 saturated carbocycles. The second-order valence-corrected chi connectivity index (χ2v) is 18.5. The Morgan fingerprint density at radius 3 is 1.19 bits per heavy atom. The van der Waals surface area contributed by atoms with Gasteiger partial charge in [0.25, 0.3) is 0 Å². The second-order valence-electron chi connectivity index (χ2n) is 18.5. The monoisotopic (exact) mass is 925 g/mol. The van der Waals surface area contributed by atoms with Crippen LogP contribution in [0.3, 0.4) is 0 Å². The Morgan fingerprint density at radius 1 is 0.319 bits per heavy atom. The summed E-state index contributed by atoms with van der Waals surface area (Å²) in [6, 6.07) is 91.2. The van der Waals surface area contributed by atoms with Crippen LogP contribution in [-0.4, -0.2) is 14.5 Å². The third-order valence-corrected chi connectivity index (χ3v) is 13.7. The largest absolute Gasteiger partial charge is 0.310 e. The number of hydrogen-bond donors (Lipinski definition) is 0. The number of aromatic nitrogens is 3. The van der Waals surface area contributed by atoms with Crippen molar-refractivity contribution in [3.8, 4) is 50.7 Å². The van der Waals surface area contributed by atoms with Gasteiger partial charge in [-0.3, -0.25) is 0 Å².